The summed E-state index contributed by atoms with van der Waals surface area (Å²) in [5, 5.41) is 8.60. The topological polar surface area (TPSA) is 36.9 Å². The zero-order valence-corrected chi connectivity index (χ0v) is 8.73. The SMILES string of the molecule is CCc1ccc(CSC(C)C#N)o1. The lowest BCUT2D eigenvalue weighted by atomic mass is 10.4. The van der Waals surface area contributed by atoms with E-state index in [1.807, 2.05) is 19.1 Å². The number of aryl methyl sites for hydroxylation is 1. The summed E-state index contributed by atoms with van der Waals surface area (Å²) in [7, 11) is 0. The van der Waals surface area contributed by atoms with Crippen LogP contribution in [0.2, 0.25) is 0 Å². The molecule has 1 atom stereocenters. The fourth-order valence-electron chi connectivity index (χ4n) is 0.934. The molecule has 1 aromatic heterocycles. The van der Waals surface area contributed by atoms with Crippen molar-refractivity contribution in [2.75, 3.05) is 0 Å². The highest BCUT2D eigenvalue weighted by atomic mass is 32.2. The molecule has 0 spiro atoms. The zero-order chi connectivity index (χ0) is 9.68. The summed E-state index contributed by atoms with van der Waals surface area (Å²) in [6.45, 7) is 3.96. The molecule has 2 nitrogen and oxygen atoms in total. The Labute approximate surface area is 82.9 Å². The van der Waals surface area contributed by atoms with Crippen molar-refractivity contribution in [3.63, 3.8) is 0 Å². The minimum atomic E-state index is 0.0372. The van der Waals surface area contributed by atoms with E-state index in [0.717, 1.165) is 23.7 Å². The summed E-state index contributed by atoms with van der Waals surface area (Å²) in [5.74, 6) is 2.76. The van der Waals surface area contributed by atoms with E-state index in [-0.39, 0.29) is 5.25 Å². The normalized spacial score (nSPS) is 12.4. The predicted molar refractivity (Wildman–Crippen MR) is 54.5 cm³/mol. The third-order valence-electron chi connectivity index (χ3n) is 1.72. The van der Waals surface area contributed by atoms with Crippen LogP contribution >= 0.6 is 11.8 Å². The molecule has 0 bridgehead atoms. The second kappa shape index (κ2) is 4.98. The van der Waals surface area contributed by atoms with Gasteiger partial charge in [-0.05, 0) is 19.1 Å². The minimum Gasteiger partial charge on any atom is -0.465 e. The first-order valence-electron chi connectivity index (χ1n) is 4.35. The monoisotopic (exact) mass is 195 g/mol. The molecule has 0 aliphatic heterocycles. The summed E-state index contributed by atoms with van der Waals surface area (Å²) in [6, 6.07) is 6.15. The summed E-state index contributed by atoms with van der Waals surface area (Å²) < 4.78 is 5.50. The van der Waals surface area contributed by atoms with Gasteiger partial charge < -0.3 is 4.42 Å². The van der Waals surface area contributed by atoms with Crippen molar-refractivity contribution in [3.05, 3.63) is 23.7 Å². The maximum atomic E-state index is 8.56. The molecule has 0 aliphatic carbocycles. The van der Waals surface area contributed by atoms with Gasteiger partial charge in [-0.2, -0.15) is 5.26 Å². The third kappa shape index (κ3) is 3.16. The Balaban J connectivity index is 2.42. The molecule has 0 saturated heterocycles. The van der Waals surface area contributed by atoms with Crippen molar-refractivity contribution in [2.24, 2.45) is 0 Å². The Morgan fingerprint density at radius 3 is 2.77 bits per heavy atom. The van der Waals surface area contributed by atoms with Crippen LogP contribution in [0.5, 0.6) is 0 Å². The van der Waals surface area contributed by atoms with E-state index < -0.39 is 0 Å². The molecule has 0 amide bonds. The molecule has 0 fully saturated rings. The number of furan rings is 1. The van der Waals surface area contributed by atoms with E-state index in [4.69, 9.17) is 9.68 Å². The Morgan fingerprint density at radius 1 is 1.54 bits per heavy atom. The van der Waals surface area contributed by atoms with Gasteiger partial charge in [-0.3, -0.25) is 0 Å². The fourth-order valence-corrected chi connectivity index (χ4v) is 1.58. The average molecular weight is 195 g/mol. The van der Waals surface area contributed by atoms with Gasteiger partial charge in [0.2, 0.25) is 0 Å². The fraction of sp³-hybridized carbons (Fsp3) is 0.500. The molecule has 3 heteroatoms. The first-order valence-corrected chi connectivity index (χ1v) is 5.40. The minimum absolute atomic E-state index is 0.0372. The Morgan fingerprint density at radius 2 is 2.23 bits per heavy atom. The van der Waals surface area contributed by atoms with Crippen LogP contribution in [0.15, 0.2) is 16.5 Å². The highest BCUT2D eigenvalue weighted by Gasteiger charge is 2.04. The van der Waals surface area contributed by atoms with Crippen LogP contribution in [-0.4, -0.2) is 5.25 Å². The van der Waals surface area contributed by atoms with Gasteiger partial charge in [0.15, 0.2) is 0 Å². The van der Waals surface area contributed by atoms with Crippen LogP contribution in [0.3, 0.4) is 0 Å². The number of nitriles is 1. The first-order chi connectivity index (χ1) is 6.26. The molecule has 0 aliphatic rings. The van der Waals surface area contributed by atoms with Crippen molar-refractivity contribution in [3.8, 4) is 6.07 Å². The van der Waals surface area contributed by atoms with Gasteiger partial charge in [0.1, 0.15) is 11.5 Å². The largest absolute Gasteiger partial charge is 0.465 e. The Hall–Kier alpha value is -0.880. The standard InChI is InChI=1S/C10H13NOS/c1-3-9-4-5-10(12-9)7-13-8(2)6-11/h4-5,8H,3,7H2,1-2H3. The van der Waals surface area contributed by atoms with Crippen molar-refractivity contribution in [1.82, 2.24) is 0 Å². The predicted octanol–water partition coefficient (Wildman–Crippen LogP) is 2.99. The van der Waals surface area contributed by atoms with E-state index >= 15 is 0 Å². The number of thioether (sulfide) groups is 1. The van der Waals surface area contributed by atoms with Crippen molar-refractivity contribution < 1.29 is 4.42 Å². The van der Waals surface area contributed by atoms with Crippen LogP contribution < -0.4 is 0 Å². The maximum Gasteiger partial charge on any atom is 0.114 e. The van der Waals surface area contributed by atoms with Crippen LogP contribution in [-0.2, 0) is 12.2 Å². The Kier molecular flexibility index (Phi) is 3.91. The molecule has 0 N–H and O–H groups in total. The van der Waals surface area contributed by atoms with Gasteiger partial charge in [-0.15, -0.1) is 11.8 Å². The van der Waals surface area contributed by atoms with Crippen molar-refractivity contribution >= 4 is 11.8 Å². The molecule has 1 rings (SSSR count). The van der Waals surface area contributed by atoms with E-state index in [2.05, 4.69) is 13.0 Å². The zero-order valence-electron chi connectivity index (χ0n) is 7.91. The van der Waals surface area contributed by atoms with Gasteiger partial charge >= 0.3 is 0 Å². The number of nitrogens with zero attached hydrogens (tertiary/aromatic N) is 1. The lowest BCUT2D eigenvalue weighted by molar-refractivity contribution is 0.485. The van der Waals surface area contributed by atoms with E-state index in [1.54, 1.807) is 11.8 Å². The summed E-state index contributed by atoms with van der Waals surface area (Å²) in [5.41, 5.74) is 0. The van der Waals surface area contributed by atoms with Crippen LogP contribution in [0.4, 0.5) is 0 Å². The van der Waals surface area contributed by atoms with Crippen LogP contribution in [0, 0.1) is 11.3 Å². The van der Waals surface area contributed by atoms with Gasteiger partial charge in [-0.25, -0.2) is 0 Å². The summed E-state index contributed by atoms with van der Waals surface area (Å²) >= 11 is 1.60. The lowest BCUT2D eigenvalue weighted by Crippen LogP contribution is -1.90. The van der Waals surface area contributed by atoms with E-state index in [0.29, 0.717) is 0 Å². The molecule has 1 aromatic rings. The molecule has 0 radical (unpaired) electrons. The molecule has 0 aromatic carbocycles. The Bertz CT molecular complexity index is 300. The molecule has 13 heavy (non-hydrogen) atoms. The van der Waals surface area contributed by atoms with Gasteiger partial charge in [0.05, 0.1) is 17.1 Å². The highest BCUT2D eigenvalue weighted by Crippen LogP contribution is 2.19. The first kappa shape index (κ1) is 10.2. The van der Waals surface area contributed by atoms with Crippen molar-refractivity contribution in [2.45, 2.75) is 31.3 Å². The third-order valence-corrected chi connectivity index (χ3v) is 2.78. The van der Waals surface area contributed by atoms with Crippen molar-refractivity contribution in [1.29, 1.82) is 5.26 Å². The van der Waals surface area contributed by atoms with Gasteiger partial charge in [-0.1, -0.05) is 6.92 Å². The molecule has 70 valence electrons. The lowest BCUT2D eigenvalue weighted by Gasteiger charge is -1.98. The van der Waals surface area contributed by atoms with Crippen LogP contribution in [0.1, 0.15) is 25.4 Å². The molecular weight excluding hydrogens is 182 g/mol. The number of rotatable bonds is 4. The second-order valence-corrected chi connectivity index (χ2v) is 4.13. The van der Waals surface area contributed by atoms with Gasteiger partial charge in [0, 0.05) is 6.42 Å². The summed E-state index contributed by atoms with van der Waals surface area (Å²) in [6.07, 6.45) is 0.929. The van der Waals surface area contributed by atoms with Crippen LogP contribution in [0.25, 0.3) is 0 Å². The highest BCUT2D eigenvalue weighted by molar-refractivity contribution is 7.99. The quantitative estimate of drug-likeness (QED) is 0.741. The molecule has 1 unspecified atom stereocenters. The number of hydrogen-bond donors (Lipinski definition) is 0. The van der Waals surface area contributed by atoms with E-state index in [1.165, 1.54) is 0 Å². The maximum absolute atomic E-state index is 8.56. The van der Waals surface area contributed by atoms with Gasteiger partial charge in [0.25, 0.3) is 0 Å². The average Bonchev–Trinajstić information content (AvgIpc) is 2.61. The smallest absolute Gasteiger partial charge is 0.114 e. The second-order valence-electron chi connectivity index (χ2n) is 2.80. The van der Waals surface area contributed by atoms with E-state index in [9.17, 15) is 0 Å². The molecule has 0 saturated carbocycles. The number of hydrogen-bond acceptors (Lipinski definition) is 3. The molecule has 1 heterocycles. The molecular formula is C10H13NOS. The summed E-state index contributed by atoms with van der Waals surface area (Å²) in [4.78, 5) is 0.